The Morgan fingerprint density at radius 2 is 1.59 bits per heavy atom. The summed E-state index contributed by atoms with van der Waals surface area (Å²) < 4.78 is 0. The molecule has 0 bridgehead atoms. The van der Waals surface area contributed by atoms with Crippen molar-refractivity contribution in [2.75, 3.05) is 44.6 Å². The number of aryl methyl sites for hydroxylation is 2. The van der Waals surface area contributed by atoms with Gasteiger partial charge in [-0.1, -0.05) is 32.0 Å². The van der Waals surface area contributed by atoms with Gasteiger partial charge >= 0.3 is 0 Å². The maximum absolute atomic E-state index is 12.1. The smallest absolute Gasteiger partial charge is 0.243 e. The number of para-hydroxylation sites is 1. The molecular weight excluding hydrogens is 344 g/mol. The highest BCUT2D eigenvalue weighted by atomic mass is 16.2. The molecule has 0 spiro atoms. The first-order valence-electron chi connectivity index (χ1n) is 9.42. The highest BCUT2D eigenvalue weighted by Crippen LogP contribution is 2.18. The summed E-state index contributed by atoms with van der Waals surface area (Å²) in [5.41, 5.74) is 2.77. The lowest BCUT2D eigenvalue weighted by Gasteiger charge is -2.35. The van der Waals surface area contributed by atoms with Crippen LogP contribution < -0.4 is 10.6 Å². The molecule has 1 fully saturated rings. The number of nitrogens with zero attached hydrogens (tertiary/aromatic N) is 2. The molecule has 3 amide bonds. The molecule has 1 aromatic rings. The first-order chi connectivity index (χ1) is 12.8. The highest BCUT2D eigenvalue weighted by molar-refractivity contribution is 5.95. The molecule has 2 rings (SSSR count). The Bertz CT molecular complexity index is 674. The number of hydrogen-bond acceptors (Lipinski definition) is 4. The van der Waals surface area contributed by atoms with Crippen LogP contribution in [0.15, 0.2) is 18.2 Å². The van der Waals surface area contributed by atoms with E-state index in [0.717, 1.165) is 16.8 Å². The van der Waals surface area contributed by atoms with Gasteiger partial charge in [0.15, 0.2) is 0 Å². The van der Waals surface area contributed by atoms with E-state index >= 15 is 0 Å². The third-order valence-corrected chi connectivity index (χ3v) is 4.74. The maximum atomic E-state index is 12.1. The molecule has 1 aliphatic rings. The summed E-state index contributed by atoms with van der Waals surface area (Å²) in [7, 11) is 0. The van der Waals surface area contributed by atoms with Crippen molar-refractivity contribution in [1.29, 1.82) is 0 Å². The largest absolute Gasteiger partial charge is 0.346 e. The number of nitrogens with one attached hydrogen (secondary N) is 2. The second-order valence-corrected chi connectivity index (χ2v) is 7.35. The summed E-state index contributed by atoms with van der Waals surface area (Å²) >= 11 is 0. The predicted molar refractivity (Wildman–Crippen MR) is 105 cm³/mol. The summed E-state index contributed by atoms with van der Waals surface area (Å²) in [6, 6.07) is 5.81. The zero-order valence-corrected chi connectivity index (χ0v) is 16.7. The van der Waals surface area contributed by atoms with Crippen LogP contribution in [0.2, 0.25) is 0 Å². The number of benzene rings is 1. The normalized spacial score (nSPS) is 14.9. The minimum atomic E-state index is -0.243. The predicted octanol–water partition coefficient (Wildman–Crippen LogP) is 1.16. The first-order valence-corrected chi connectivity index (χ1v) is 9.42. The zero-order valence-electron chi connectivity index (χ0n) is 16.7. The minimum absolute atomic E-state index is 0.00440. The summed E-state index contributed by atoms with van der Waals surface area (Å²) in [4.78, 5) is 40.1. The topological polar surface area (TPSA) is 81.8 Å². The Morgan fingerprint density at radius 1 is 1.00 bits per heavy atom. The molecule has 1 aromatic carbocycles. The number of amides is 3. The van der Waals surface area contributed by atoms with E-state index in [1.54, 1.807) is 0 Å². The van der Waals surface area contributed by atoms with Gasteiger partial charge in [0.05, 0.1) is 13.1 Å². The van der Waals surface area contributed by atoms with E-state index in [-0.39, 0.29) is 36.7 Å². The van der Waals surface area contributed by atoms with Crippen LogP contribution in [-0.2, 0) is 14.4 Å². The van der Waals surface area contributed by atoms with Gasteiger partial charge in [-0.3, -0.25) is 19.3 Å². The third-order valence-electron chi connectivity index (χ3n) is 4.74. The minimum Gasteiger partial charge on any atom is -0.346 e. The monoisotopic (exact) mass is 374 g/mol. The van der Waals surface area contributed by atoms with E-state index in [0.29, 0.717) is 26.2 Å². The molecule has 0 radical (unpaired) electrons. The molecule has 1 heterocycles. The average molecular weight is 374 g/mol. The maximum Gasteiger partial charge on any atom is 0.243 e. The lowest BCUT2D eigenvalue weighted by atomic mass is 10.1. The number of anilines is 1. The van der Waals surface area contributed by atoms with E-state index in [2.05, 4.69) is 10.6 Å². The fourth-order valence-corrected chi connectivity index (χ4v) is 3.12. The van der Waals surface area contributed by atoms with Crippen LogP contribution in [0, 0.1) is 19.8 Å². The number of carbonyl (C=O) groups is 3. The number of piperazine rings is 1. The van der Waals surface area contributed by atoms with Crippen LogP contribution in [0.4, 0.5) is 5.69 Å². The standard InChI is InChI=1S/C20H30N4O3/c1-14(2)20(27)24-10-8-23(9-11-24)13-18(26)21-12-17(25)22-19-15(3)6-5-7-16(19)4/h5-7,14H,8-13H2,1-4H3,(H,21,26)(H,22,25). The average Bonchev–Trinajstić information content (AvgIpc) is 2.63. The Kier molecular flexibility index (Phi) is 7.36. The van der Waals surface area contributed by atoms with E-state index in [1.165, 1.54) is 0 Å². The molecule has 0 aliphatic carbocycles. The van der Waals surface area contributed by atoms with E-state index < -0.39 is 0 Å². The van der Waals surface area contributed by atoms with Crippen LogP contribution >= 0.6 is 0 Å². The molecular formula is C20H30N4O3. The van der Waals surface area contributed by atoms with E-state index in [1.807, 2.05) is 55.7 Å². The molecule has 7 heteroatoms. The van der Waals surface area contributed by atoms with Crippen molar-refractivity contribution in [2.24, 2.45) is 5.92 Å². The fraction of sp³-hybridized carbons (Fsp3) is 0.550. The summed E-state index contributed by atoms with van der Waals surface area (Å²) in [5, 5.41) is 5.52. The van der Waals surface area contributed by atoms with Crippen molar-refractivity contribution < 1.29 is 14.4 Å². The Morgan fingerprint density at radius 3 is 2.15 bits per heavy atom. The van der Waals surface area contributed by atoms with Gasteiger partial charge in [0.2, 0.25) is 17.7 Å². The molecule has 1 saturated heterocycles. The molecule has 0 aromatic heterocycles. The molecule has 7 nitrogen and oxygen atoms in total. The molecule has 0 unspecified atom stereocenters. The Balaban J connectivity index is 1.72. The van der Waals surface area contributed by atoms with Crippen LogP contribution in [0.25, 0.3) is 0 Å². The second kappa shape index (κ2) is 9.50. The van der Waals surface area contributed by atoms with Gasteiger partial charge in [-0.15, -0.1) is 0 Å². The number of hydrogen-bond donors (Lipinski definition) is 2. The number of carbonyl (C=O) groups excluding carboxylic acids is 3. The van der Waals surface area contributed by atoms with E-state index in [9.17, 15) is 14.4 Å². The van der Waals surface area contributed by atoms with Crippen molar-refractivity contribution in [2.45, 2.75) is 27.7 Å². The number of rotatable bonds is 6. The van der Waals surface area contributed by atoms with Crippen molar-refractivity contribution in [3.63, 3.8) is 0 Å². The van der Waals surface area contributed by atoms with Crippen molar-refractivity contribution >= 4 is 23.4 Å². The van der Waals surface area contributed by atoms with Crippen LogP contribution in [0.3, 0.4) is 0 Å². The van der Waals surface area contributed by atoms with Crippen LogP contribution in [-0.4, -0.2) is 66.8 Å². The van der Waals surface area contributed by atoms with Crippen LogP contribution in [0.5, 0.6) is 0 Å². The van der Waals surface area contributed by atoms with Gasteiger partial charge in [-0.25, -0.2) is 0 Å². The van der Waals surface area contributed by atoms with Crippen molar-refractivity contribution in [3.05, 3.63) is 29.3 Å². The van der Waals surface area contributed by atoms with Gasteiger partial charge in [0.1, 0.15) is 0 Å². The lowest BCUT2D eigenvalue weighted by Crippen LogP contribution is -2.52. The van der Waals surface area contributed by atoms with Gasteiger partial charge in [-0.05, 0) is 25.0 Å². The van der Waals surface area contributed by atoms with Gasteiger partial charge < -0.3 is 15.5 Å². The fourth-order valence-electron chi connectivity index (χ4n) is 3.12. The highest BCUT2D eigenvalue weighted by Gasteiger charge is 2.23. The molecule has 1 aliphatic heterocycles. The molecule has 0 saturated carbocycles. The molecule has 148 valence electrons. The van der Waals surface area contributed by atoms with Gasteiger partial charge in [0.25, 0.3) is 0 Å². The van der Waals surface area contributed by atoms with Crippen LogP contribution in [0.1, 0.15) is 25.0 Å². The zero-order chi connectivity index (χ0) is 20.0. The second-order valence-electron chi connectivity index (χ2n) is 7.35. The van der Waals surface area contributed by atoms with Crippen molar-refractivity contribution in [1.82, 2.24) is 15.1 Å². The quantitative estimate of drug-likeness (QED) is 0.783. The van der Waals surface area contributed by atoms with Crippen molar-refractivity contribution in [3.8, 4) is 0 Å². The van der Waals surface area contributed by atoms with E-state index in [4.69, 9.17) is 0 Å². The van der Waals surface area contributed by atoms with Gasteiger partial charge in [0, 0.05) is 37.8 Å². The summed E-state index contributed by atoms with van der Waals surface area (Å²) in [6.07, 6.45) is 0. The third kappa shape index (κ3) is 6.06. The summed E-state index contributed by atoms with van der Waals surface area (Å²) in [6.45, 7) is 10.4. The Labute approximate surface area is 161 Å². The Hall–Kier alpha value is -2.41. The molecule has 0 atom stereocenters. The lowest BCUT2D eigenvalue weighted by molar-refractivity contribution is -0.136. The first kappa shape index (κ1) is 20.9. The molecule has 2 N–H and O–H groups in total. The SMILES string of the molecule is Cc1cccc(C)c1NC(=O)CNC(=O)CN1CCN(C(=O)C(C)C)CC1. The summed E-state index contributed by atoms with van der Waals surface area (Å²) in [5.74, 6) is -0.277. The van der Waals surface area contributed by atoms with Gasteiger partial charge in [-0.2, -0.15) is 0 Å². The molecule has 27 heavy (non-hydrogen) atoms.